The summed E-state index contributed by atoms with van der Waals surface area (Å²) in [6.07, 6.45) is 1.50. The van der Waals surface area contributed by atoms with Crippen LogP contribution in [-0.4, -0.2) is 63.6 Å². The van der Waals surface area contributed by atoms with Crippen molar-refractivity contribution in [2.75, 3.05) is 26.1 Å². The van der Waals surface area contributed by atoms with Crippen molar-refractivity contribution in [2.24, 2.45) is 0 Å². The zero-order chi connectivity index (χ0) is 25.1. The number of nitrogens with zero attached hydrogens (tertiary/aromatic N) is 4. The number of rotatable bonds is 8. The summed E-state index contributed by atoms with van der Waals surface area (Å²) in [5.74, 6) is 0.0955. The number of aliphatic hydroxyl groups excluding tert-OH is 1. The standard InChI is InChI=1S/C24H25ClN6O4/c1-13(22(33)29-19(12-32)18-5-4-6-20(28-18)35-3)31-11-15-8-7-14(9-16(15)23(31)34)21-17(25)10-27-24(26-2)30-21/h4-10,13,19,32H,11-12H2,1-3H3,(H,29,33)(H,26,27,30)/t13-,19-/m1/s1. The van der Waals surface area contributed by atoms with Gasteiger partial charge < -0.3 is 25.4 Å². The van der Waals surface area contributed by atoms with Gasteiger partial charge >= 0.3 is 0 Å². The molecular formula is C24H25ClN6O4. The van der Waals surface area contributed by atoms with Gasteiger partial charge in [0.25, 0.3) is 5.91 Å². The monoisotopic (exact) mass is 496 g/mol. The Balaban J connectivity index is 1.52. The highest BCUT2D eigenvalue weighted by Gasteiger charge is 2.35. The second-order valence-electron chi connectivity index (χ2n) is 7.97. The number of carbonyl (C=O) groups excluding carboxylic acids is 2. The predicted octanol–water partition coefficient (Wildman–Crippen LogP) is 2.44. The largest absolute Gasteiger partial charge is 0.481 e. The number of halogens is 1. The van der Waals surface area contributed by atoms with E-state index in [9.17, 15) is 14.7 Å². The summed E-state index contributed by atoms with van der Waals surface area (Å²) in [6.45, 7) is 1.57. The number of anilines is 1. The molecule has 0 spiro atoms. The highest BCUT2D eigenvalue weighted by atomic mass is 35.5. The maximum absolute atomic E-state index is 13.2. The summed E-state index contributed by atoms with van der Waals surface area (Å²) < 4.78 is 5.12. The summed E-state index contributed by atoms with van der Waals surface area (Å²) in [6, 6.07) is 8.96. The number of ether oxygens (including phenoxy) is 1. The third-order valence-corrected chi connectivity index (χ3v) is 6.12. The van der Waals surface area contributed by atoms with E-state index in [0.29, 0.717) is 39.4 Å². The fourth-order valence-electron chi connectivity index (χ4n) is 3.86. The average molecular weight is 497 g/mol. The molecule has 0 fully saturated rings. The van der Waals surface area contributed by atoms with E-state index in [1.54, 1.807) is 38.2 Å². The fraction of sp³-hybridized carbons (Fsp3) is 0.292. The summed E-state index contributed by atoms with van der Waals surface area (Å²) in [5.41, 5.74) is 2.91. The number of amides is 2. The van der Waals surface area contributed by atoms with Crippen LogP contribution in [0.25, 0.3) is 11.3 Å². The number of hydrogen-bond acceptors (Lipinski definition) is 8. The Kier molecular flexibility index (Phi) is 7.13. The van der Waals surface area contributed by atoms with Crippen LogP contribution in [-0.2, 0) is 11.3 Å². The molecule has 3 heterocycles. The van der Waals surface area contributed by atoms with Gasteiger partial charge in [0.1, 0.15) is 6.04 Å². The van der Waals surface area contributed by atoms with Crippen LogP contribution in [0.4, 0.5) is 5.95 Å². The quantitative estimate of drug-likeness (QED) is 0.433. The number of methoxy groups -OCH3 is 1. The Bertz CT molecular complexity index is 1270. The molecule has 2 aromatic heterocycles. The number of carbonyl (C=O) groups is 2. The molecule has 0 aliphatic carbocycles. The van der Waals surface area contributed by atoms with Gasteiger partial charge in [0, 0.05) is 30.8 Å². The zero-order valence-corrected chi connectivity index (χ0v) is 20.2. The van der Waals surface area contributed by atoms with E-state index < -0.39 is 18.0 Å². The molecule has 1 aromatic carbocycles. The Hall–Kier alpha value is -3.76. The Morgan fingerprint density at radius 1 is 1.29 bits per heavy atom. The lowest BCUT2D eigenvalue weighted by Gasteiger charge is -2.25. The minimum Gasteiger partial charge on any atom is -0.481 e. The topological polar surface area (TPSA) is 130 Å². The van der Waals surface area contributed by atoms with E-state index in [-0.39, 0.29) is 19.1 Å². The van der Waals surface area contributed by atoms with Crippen LogP contribution in [0.5, 0.6) is 5.88 Å². The van der Waals surface area contributed by atoms with Crippen molar-refractivity contribution in [1.29, 1.82) is 0 Å². The second-order valence-corrected chi connectivity index (χ2v) is 8.38. The lowest BCUT2D eigenvalue weighted by molar-refractivity contribution is -0.126. The maximum Gasteiger partial charge on any atom is 0.255 e. The van der Waals surface area contributed by atoms with Gasteiger partial charge in [-0.15, -0.1) is 0 Å². The summed E-state index contributed by atoms with van der Waals surface area (Å²) in [4.78, 5) is 40.5. The minimum atomic E-state index is -0.781. The molecule has 1 aliphatic heterocycles. The van der Waals surface area contributed by atoms with Gasteiger partial charge in [-0.2, -0.15) is 0 Å². The van der Waals surface area contributed by atoms with Gasteiger partial charge in [-0.3, -0.25) is 9.59 Å². The van der Waals surface area contributed by atoms with Crippen molar-refractivity contribution in [3.8, 4) is 17.1 Å². The molecule has 0 saturated heterocycles. The van der Waals surface area contributed by atoms with Crippen LogP contribution >= 0.6 is 11.6 Å². The highest BCUT2D eigenvalue weighted by Crippen LogP contribution is 2.32. The van der Waals surface area contributed by atoms with Crippen molar-refractivity contribution in [2.45, 2.75) is 25.6 Å². The minimum absolute atomic E-state index is 0.274. The first kappa shape index (κ1) is 24.4. The Morgan fingerprint density at radius 3 is 2.80 bits per heavy atom. The number of benzene rings is 1. The lowest BCUT2D eigenvalue weighted by Crippen LogP contribution is -2.46. The molecule has 10 nitrogen and oxygen atoms in total. The molecule has 182 valence electrons. The van der Waals surface area contributed by atoms with Gasteiger partial charge in [0.15, 0.2) is 0 Å². The molecule has 4 rings (SSSR count). The van der Waals surface area contributed by atoms with Gasteiger partial charge in [-0.25, -0.2) is 15.0 Å². The summed E-state index contributed by atoms with van der Waals surface area (Å²) in [5, 5.41) is 15.8. The van der Waals surface area contributed by atoms with E-state index in [1.165, 1.54) is 18.2 Å². The van der Waals surface area contributed by atoms with E-state index in [0.717, 1.165) is 5.56 Å². The zero-order valence-electron chi connectivity index (χ0n) is 19.4. The average Bonchev–Trinajstić information content (AvgIpc) is 3.22. The first-order chi connectivity index (χ1) is 16.9. The Labute approximate surface area is 207 Å². The number of aliphatic hydroxyl groups is 1. The Morgan fingerprint density at radius 2 is 2.09 bits per heavy atom. The van der Waals surface area contributed by atoms with Gasteiger partial charge in [0.05, 0.1) is 42.4 Å². The summed E-state index contributed by atoms with van der Waals surface area (Å²) >= 11 is 6.29. The van der Waals surface area contributed by atoms with Crippen LogP contribution in [0.3, 0.4) is 0 Å². The highest BCUT2D eigenvalue weighted by molar-refractivity contribution is 6.33. The first-order valence-corrected chi connectivity index (χ1v) is 11.3. The molecule has 0 unspecified atom stereocenters. The molecule has 35 heavy (non-hydrogen) atoms. The van der Waals surface area contributed by atoms with Crippen LogP contribution in [0.15, 0.2) is 42.6 Å². The number of fused-ring (bicyclic) bond motifs is 1. The SMILES string of the molecule is CNc1ncc(Cl)c(-c2ccc3c(c2)C(=O)N([C@H](C)C(=O)N[C@H](CO)c2cccc(OC)n2)C3)n1. The molecule has 0 bridgehead atoms. The van der Waals surface area contributed by atoms with Crippen LogP contribution in [0.1, 0.15) is 34.6 Å². The number of hydrogen-bond donors (Lipinski definition) is 3. The molecule has 2 amide bonds. The molecule has 3 aromatic rings. The third kappa shape index (κ3) is 4.89. The van der Waals surface area contributed by atoms with E-state index in [1.807, 2.05) is 12.1 Å². The molecule has 11 heteroatoms. The normalized spacial score (nSPS) is 14.3. The van der Waals surface area contributed by atoms with Crippen molar-refractivity contribution in [3.63, 3.8) is 0 Å². The van der Waals surface area contributed by atoms with Crippen LogP contribution in [0, 0.1) is 0 Å². The number of pyridine rings is 1. The molecule has 0 radical (unpaired) electrons. The lowest BCUT2D eigenvalue weighted by atomic mass is 10.0. The van der Waals surface area contributed by atoms with Crippen molar-refractivity contribution >= 4 is 29.4 Å². The van der Waals surface area contributed by atoms with Gasteiger partial charge in [-0.05, 0) is 24.6 Å². The van der Waals surface area contributed by atoms with Crippen LogP contribution in [0.2, 0.25) is 5.02 Å². The number of nitrogens with one attached hydrogen (secondary N) is 2. The third-order valence-electron chi connectivity index (χ3n) is 5.84. The molecule has 1 aliphatic rings. The van der Waals surface area contributed by atoms with E-state index in [4.69, 9.17) is 16.3 Å². The van der Waals surface area contributed by atoms with Crippen molar-refractivity contribution in [1.82, 2.24) is 25.2 Å². The number of aromatic nitrogens is 3. The first-order valence-electron chi connectivity index (χ1n) is 10.9. The summed E-state index contributed by atoms with van der Waals surface area (Å²) in [7, 11) is 3.19. The van der Waals surface area contributed by atoms with E-state index in [2.05, 4.69) is 25.6 Å². The van der Waals surface area contributed by atoms with Crippen molar-refractivity contribution in [3.05, 3.63) is 64.4 Å². The van der Waals surface area contributed by atoms with E-state index >= 15 is 0 Å². The molecule has 3 N–H and O–H groups in total. The molecule has 2 atom stereocenters. The van der Waals surface area contributed by atoms with Crippen LogP contribution < -0.4 is 15.4 Å². The molecular weight excluding hydrogens is 472 g/mol. The predicted molar refractivity (Wildman–Crippen MR) is 130 cm³/mol. The second kappa shape index (κ2) is 10.2. The maximum atomic E-state index is 13.2. The van der Waals surface area contributed by atoms with Gasteiger partial charge in [0.2, 0.25) is 17.7 Å². The van der Waals surface area contributed by atoms with Crippen molar-refractivity contribution < 1.29 is 19.4 Å². The smallest absolute Gasteiger partial charge is 0.255 e. The molecule has 0 saturated carbocycles. The van der Waals surface area contributed by atoms with Gasteiger partial charge in [-0.1, -0.05) is 29.8 Å². The fourth-order valence-corrected chi connectivity index (χ4v) is 4.06.